The average Bonchev–Trinajstić information content (AvgIpc) is 3.58. The summed E-state index contributed by atoms with van der Waals surface area (Å²) in [4.78, 5) is 9.82. The molecule has 2 aliphatic heterocycles. The van der Waals surface area contributed by atoms with Crippen LogP contribution in [0.3, 0.4) is 0 Å². The third kappa shape index (κ3) is 4.77. The summed E-state index contributed by atoms with van der Waals surface area (Å²) in [7, 11) is 4.16. The maximum Gasteiger partial charge on any atom is 0.191 e. The summed E-state index contributed by atoms with van der Waals surface area (Å²) >= 11 is 0. The number of nitrogens with one attached hydrogen (secondary N) is 2. The molecule has 2 N–H and O–H groups in total. The highest BCUT2D eigenvalue weighted by atomic mass is 15.3. The van der Waals surface area contributed by atoms with E-state index in [9.17, 15) is 0 Å². The Labute approximate surface area is 176 Å². The predicted octanol–water partition coefficient (Wildman–Crippen LogP) is 2.83. The zero-order valence-corrected chi connectivity index (χ0v) is 18.4. The molecule has 1 aromatic carbocycles. The Bertz CT molecular complexity index is 668. The van der Waals surface area contributed by atoms with Crippen LogP contribution in [0.25, 0.3) is 0 Å². The molecule has 1 aromatic rings. The Kier molecular flexibility index (Phi) is 6.45. The van der Waals surface area contributed by atoms with E-state index in [0.29, 0.717) is 5.41 Å². The third-order valence-electron chi connectivity index (χ3n) is 7.59. The molecular weight excluding hydrogens is 358 g/mol. The summed E-state index contributed by atoms with van der Waals surface area (Å²) in [5, 5.41) is 7.37. The van der Waals surface area contributed by atoms with Gasteiger partial charge in [-0.15, -0.1) is 0 Å². The number of piperidine rings is 2. The van der Waals surface area contributed by atoms with Crippen LogP contribution in [0.1, 0.15) is 50.5 Å². The number of likely N-dealkylation sites (tertiary alicyclic amines) is 2. The lowest BCUT2D eigenvalue weighted by Gasteiger charge is -2.50. The quantitative estimate of drug-likeness (QED) is 0.572. The largest absolute Gasteiger partial charge is 0.356 e. The van der Waals surface area contributed by atoms with Gasteiger partial charge in [-0.3, -0.25) is 9.89 Å². The first-order chi connectivity index (χ1) is 14.2. The molecule has 160 valence electrons. The zero-order chi connectivity index (χ0) is 20.2. The van der Waals surface area contributed by atoms with Gasteiger partial charge in [0, 0.05) is 31.1 Å². The lowest BCUT2D eigenvalue weighted by Crippen LogP contribution is -2.62. The first-order valence-corrected chi connectivity index (χ1v) is 11.6. The van der Waals surface area contributed by atoms with E-state index in [1.54, 1.807) is 0 Å². The number of guanidine groups is 1. The highest BCUT2D eigenvalue weighted by Crippen LogP contribution is 2.47. The van der Waals surface area contributed by atoms with E-state index in [-0.39, 0.29) is 5.54 Å². The van der Waals surface area contributed by atoms with Crippen LogP contribution in [0.5, 0.6) is 0 Å². The average molecular weight is 398 g/mol. The molecule has 3 fully saturated rings. The monoisotopic (exact) mass is 397 g/mol. The van der Waals surface area contributed by atoms with Gasteiger partial charge in [-0.05, 0) is 77.3 Å². The maximum absolute atomic E-state index is 4.55. The van der Waals surface area contributed by atoms with Crippen LogP contribution in [0, 0.1) is 0 Å². The van der Waals surface area contributed by atoms with Crippen molar-refractivity contribution in [1.82, 2.24) is 20.4 Å². The number of nitrogens with zero attached hydrogens (tertiary/aromatic N) is 3. The SMILES string of the molecule is CN=C(NCC1(c2ccccc2)CC1)NCC1(N2CCCCC2)CCN(C)CC1. The van der Waals surface area contributed by atoms with Gasteiger partial charge in [-0.1, -0.05) is 36.8 Å². The van der Waals surface area contributed by atoms with E-state index in [1.165, 1.54) is 76.7 Å². The Morgan fingerprint density at radius 2 is 1.55 bits per heavy atom. The number of aliphatic imine (C=N–C) groups is 1. The summed E-state index contributed by atoms with van der Waals surface area (Å²) in [5.41, 5.74) is 2.04. The van der Waals surface area contributed by atoms with Crippen LogP contribution >= 0.6 is 0 Å². The normalized spacial score (nSPS) is 24.8. The third-order valence-corrected chi connectivity index (χ3v) is 7.59. The smallest absolute Gasteiger partial charge is 0.191 e. The van der Waals surface area contributed by atoms with E-state index in [4.69, 9.17) is 0 Å². The first kappa shape index (κ1) is 20.7. The lowest BCUT2D eigenvalue weighted by molar-refractivity contribution is 0.0173. The Hall–Kier alpha value is -1.59. The fourth-order valence-electron chi connectivity index (χ4n) is 5.24. The first-order valence-electron chi connectivity index (χ1n) is 11.6. The van der Waals surface area contributed by atoms with E-state index < -0.39 is 0 Å². The number of benzene rings is 1. The standard InChI is InChI=1S/C24H39N5/c1-25-22(26-19-23(11-12-23)21-9-5-3-6-10-21)27-20-24(13-17-28(2)18-14-24)29-15-7-4-8-16-29/h3,5-6,9-10H,4,7-8,11-20H2,1-2H3,(H2,25,26,27). The van der Waals surface area contributed by atoms with Gasteiger partial charge in [0.25, 0.3) is 0 Å². The molecule has 1 aliphatic carbocycles. The zero-order valence-electron chi connectivity index (χ0n) is 18.4. The van der Waals surface area contributed by atoms with Crippen molar-refractivity contribution in [3.05, 3.63) is 35.9 Å². The Morgan fingerprint density at radius 1 is 0.897 bits per heavy atom. The van der Waals surface area contributed by atoms with Crippen LogP contribution in [0.4, 0.5) is 0 Å². The topological polar surface area (TPSA) is 42.9 Å². The van der Waals surface area contributed by atoms with Gasteiger partial charge in [-0.25, -0.2) is 0 Å². The van der Waals surface area contributed by atoms with Crippen molar-refractivity contribution in [2.45, 2.75) is 55.9 Å². The number of hydrogen-bond donors (Lipinski definition) is 2. The highest BCUT2D eigenvalue weighted by Gasteiger charge is 2.44. The lowest BCUT2D eigenvalue weighted by atomic mass is 9.84. The van der Waals surface area contributed by atoms with Crippen LogP contribution in [0.15, 0.2) is 35.3 Å². The van der Waals surface area contributed by atoms with Crippen LogP contribution in [-0.2, 0) is 5.41 Å². The van der Waals surface area contributed by atoms with E-state index in [2.05, 4.69) is 62.8 Å². The van der Waals surface area contributed by atoms with Crippen LogP contribution < -0.4 is 10.6 Å². The molecule has 5 heteroatoms. The molecular formula is C24H39N5. The molecule has 29 heavy (non-hydrogen) atoms. The summed E-state index contributed by atoms with van der Waals surface area (Å²) in [6.45, 7) is 6.88. The molecule has 2 saturated heterocycles. The van der Waals surface area contributed by atoms with Crippen molar-refractivity contribution in [3.63, 3.8) is 0 Å². The fourth-order valence-corrected chi connectivity index (χ4v) is 5.24. The number of rotatable bonds is 6. The van der Waals surface area contributed by atoms with Crippen LogP contribution in [-0.4, -0.2) is 74.7 Å². The molecule has 0 radical (unpaired) electrons. The Balaban J connectivity index is 1.36. The second-order valence-corrected chi connectivity index (χ2v) is 9.50. The second-order valence-electron chi connectivity index (χ2n) is 9.50. The molecule has 0 aromatic heterocycles. The fraction of sp³-hybridized carbons (Fsp3) is 0.708. The number of hydrogen-bond acceptors (Lipinski definition) is 3. The van der Waals surface area contributed by atoms with E-state index >= 15 is 0 Å². The highest BCUT2D eigenvalue weighted by molar-refractivity contribution is 5.80. The molecule has 1 saturated carbocycles. The van der Waals surface area contributed by atoms with Crippen molar-refractivity contribution in [1.29, 1.82) is 0 Å². The second kappa shape index (κ2) is 9.05. The molecule has 5 nitrogen and oxygen atoms in total. The van der Waals surface area contributed by atoms with E-state index in [0.717, 1.165) is 19.0 Å². The molecule has 0 spiro atoms. The minimum Gasteiger partial charge on any atom is -0.356 e. The van der Waals surface area contributed by atoms with Gasteiger partial charge in [0.15, 0.2) is 5.96 Å². The van der Waals surface area contributed by atoms with Gasteiger partial charge < -0.3 is 15.5 Å². The summed E-state index contributed by atoms with van der Waals surface area (Å²) in [6, 6.07) is 11.0. The molecule has 0 bridgehead atoms. The molecule has 4 rings (SSSR count). The van der Waals surface area contributed by atoms with Crippen molar-refractivity contribution >= 4 is 5.96 Å². The van der Waals surface area contributed by atoms with Gasteiger partial charge in [-0.2, -0.15) is 0 Å². The molecule has 0 unspecified atom stereocenters. The van der Waals surface area contributed by atoms with Crippen molar-refractivity contribution in [3.8, 4) is 0 Å². The van der Waals surface area contributed by atoms with Crippen molar-refractivity contribution < 1.29 is 0 Å². The predicted molar refractivity (Wildman–Crippen MR) is 122 cm³/mol. The van der Waals surface area contributed by atoms with Crippen molar-refractivity contribution in [2.75, 3.05) is 53.4 Å². The van der Waals surface area contributed by atoms with E-state index in [1.807, 2.05) is 7.05 Å². The Morgan fingerprint density at radius 3 is 2.17 bits per heavy atom. The minimum atomic E-state index is 0.279. The van der Waals surface area contributed by atoms with Gasteiger partial charge in [0.2, 0.25) is 0 Å². The molecule has 2 heterocycles. The molecule has 0 atom stereocenters. The molecule has 0 amide bonds. The van der Waals surface area contributed by atoms with Gasteiger partial charge in [0.1, 0.15) is 0 Å². The van der Waals surface area contributed by atoms with Gasteiger partial charge in [0.05, 0.1) is 0 Å². The summed E-state index contributed by atoms with van der Waals surface area (Å²) in [5.74, 6) is 0.961. The van der Waals surface area contributed by atoms with Gasteiger partial charge >= 0.3 is 0 Å². The summed E-state index contributed by atoms with van der Waals surface area (Å²) < 4.78 is 0. The van der Waals surface area contributed by atoms with Crippen molar-refractivity contribution in [2.24, 2.45) is 4.99 Å². The minimum absolute atomic E-state index is 0.279. The summed E-state index contributed by atoms with van der Waals surface area (Å²) in [6.07, 6.45) is 9.14. The maximum atomic E-state index is 4.55. The molecule has 3 aliphatic rings. The van der Waals surface area contributed by atoms with Crippen LogP contribution in [0.2, 0.25) is 0 Å².